The lowest BCUT2D eigenvalue weighted by Crippen LogP contribution is -2.38. The quantitative estimate of drug-likeness (QED) is 0.228. The van der Waals surface area contributed by atoms with Crippen LogP contribution in [-0.2, 0) is 6.54 Å². The van der Waals surface area contributed by atoms with Crippen LogP contribution in [-0.4, -0.2) is 46.3 Å². The zero-order valence-electron chi connectivity index (χ0n) is 21.6. The first kappa shape index (κ1) is 30.4. The van der Waals surface area contributed by atoms with E-state index in [1.807, 2.05) is 30.5 Å². The van der Waals surface area contributed by atoms with Gasteiger partial charge in [-0.2, -0.15) is 0 Å². The molecule has 2 aromatic heterocycles. The molecule has 0 saturated carbocycles. The van der Waals surface area contributed by atoms with E-state index in [1.54, 1.807) is 13.3 Å². The van der Waals surface area contributed by atoms with Crippen molar-refractivity contribution in [3.05, 3.63) is 90.8 Å². The molecule has 1 saturated heterocycles. The van der Waals surface area contributed by atoms with E-state index in [2.05, 4.69) is 73.9 Å². The molecule has 6 nitrogen and oxygen atoms in total. The Hall–Kier alpha value is -3.16. The maximum Gasteiger partial charge on any atom is 0.156 e. The first-order chi connectivity index (χ1) is 17.8. The lowest BCUT2D eigenvalue weighted by atomic mass is 10.0. The topological polar surface area (TPSA) is 63.2 Å². The van der Waals surface area contributed by atoms with Crippen molar-refractivity contribution in [1.29, 1.82) is 0 Å². The molecule has 0 amide bonds. The molecule has 1 fully saturated rings. The average Bonchev–Trinajstić information content (AvgIpc) is 2.94. The van der Waals surface area contributed by atoms with E-state index in [0.717, 1.165) is 66.1 Å². The molecule has 5 aromatic rings. The van der Waals surface area contributed by atoms with Gasteiger partial charge in [-0.1, -0.05) is 36.4 Å². The summed E-state index contributed by atoms with van der Waals surface area (Å²) < 4.78 is 5.50. The monoisotopic (exact) mass is 583 g/mol. The average molecular weight is 585 g/mol. The van der Waals surface area contributed by atoms with E-state index in [-0.39, 0.29) is 37.2 Å². The number of anilines is 1. The molecule has 0 atom stereocenters. The standard InChI is InChI=1S/C30H29N5O.3ClH/c1-36-26-10-11-27-28(18-26)29(24-7-4-14-31-19-24)33-34-30(27)32-25-12-15-35(16-13-25)20-21-8-9-22-5-2-3-6-23(22)17-21;;;/h2-11,14,17-19,25H,12-13,15-16,20H2,1H3,(H,32,34);3*1H. The van der Waals surface area contributed by atoms with Crippen LogP contribution in [0.25, 0.3) is 32.8 Å². The molecule has 1 aliphatic rings. The van der Waals surface area contributed by atoms with Crippen molar-refractivity contribution >= 4 is 64.6 Å². The largest absolute Gasteiger partial charge is 0.497 e. The lowest BCUT2D eigenvalue weighted by molar-refractivity contribution is 0.211. The van der Waals surface area contributed by atoms with Gasteiger partial charge < -0.3 is 10.1 Å². The van der Waals surface area contributed by atoms with Gasteiger partial charge in [0, 0.05) is 54.4 Å². The number of nitrogens with zero attached hydrogens (tertiary/aromatic N) is 4. The van der Waals surface area contributed by atoms with Crippen molar-refractivity contribution in [3.63, 3.8) is 0 Å². The van der Waals surface area contributed by atoms with Crippen molar-refractivity contribution in [2.75, 3.05) is 25.5 Å². The zero-order valence-corrected chi connectivity index (χ0v) is 24.1. The Kier molecular flexibility index (Phi) is 10.7. The summed E-state index contributed by atoms with van der Waals surface area (Å²) >= 11 is 0. The van der Waals surface area contributed by atoms with Crippen LogP contribution in [0.3, 0.4) is 0 Å². The molecule has 1 N–H and O–H groups in total. The molecule has 204 valence electrons. The number of methoxy groups -OCH3 is 1. The Morgan fingerprint density at radius 3 is 2.38 bits per heavy atom. The Morgan fingerprint density at radius 1 is 0.846 bits per heavy atom. The second-order valence-corrected chi connectivity index (χ2v) is 9.43. The first-order valence-electron chi connectivity index (χ1n) is 12.5. The smallest absolute Gasteiger partial charge is 0.156 e. The summed E-state index contributed by atoms with van der Waals surface area (Å²) in [6, 6.07) is 25.7. The van der Waals surface area contributed by atoms with Gasteiger partial charge in [0.1, 0.15) is 11.4 Å². The second kappa shape index (κ2) is 13.8. The maximum absolute atomic E-state index is 5.50. The third kappa shape index (κ3) is 6.71. The third-order valence-corrected chi connectivity index (χ3v) is 7.07. The number of fused-ring (bicyclic) bond motifs is 2. The fourth-order valence-electron chi connectivity index (χ4n) is 5.11. The number of hydrogen-bond donors (Lipinski definition) is 1. The summed E-state index contributed by atoms with van der Waals surface area (Å²) in [6.07, 6.45) is 5.72. The van der Waals surface area contributed by atoms with Crippen LogP contribution < -0.4 is 10.1 Å². The van der Waals surface area contributed by atoms with Gasteiger partial charge in [0.05, 0.1) is 7.11 Å². The van der Waals surface area contributed by atoms with Crippen LogP contribution in [0, 0.1) is 0 Å². The van der Waals surface area contributed by atoms with Gasteiger partial charge in [0.2, 0.25) is 0 Å². The molecular weight excluding hydrogens is 553 g/mol. The Labute approximate surface area is 247 Å². The first-order valence-corrected chi connectivity index (χ1v) is 12.5. The Morgan fingerprint density at radius 2 is 1.64 bits per heavy atom. The van der Waals surface area contributed by atoms with Crippen LogP contribution in [0.4, 0.5) is 5.82 Å². The molecule has 6 rings (SSSR count). The van der Waals surface area contributed by atoms with Gasteiger partial charge >= 0.3 is 0 Å². The molecule has 3 aromatic carbocycles. The molecule has 0 spiro atoms. The lowest BCUT2D eigenvalue weighted by Gasteiger charge is -2.32. The van der Waals surface area contributed by atoms with Crippen LogP contribution in [0.5, 0.6) is 5.75 Å². The summed E-state index contributed by atoms with van der Waals surface area (Å²) in [5, 5.41) is 17.5. The van der Waals surface area contributed by atoms with Crippen molar-refractivity contribution in [1.82, 2.24) is 20.1 Å². The predicted octanol–water partition coefficient (Wildman–Crippen LogP) is 7.20. The Balaban J connectivity index is 0.00000140. The summed E-state index contributed by atoms with van der Waals surface area (Å²) in [5.41, 5.74) is 3.13. The minimum atomic E-state index is 0. The van der Waals surface area contributed by atoms with Crippen LogP contribution in [0.15, 0.2) is 85.2 Å². The Bertz CT molecular complexity index is 1510. The molecule has 0 aliphatic carbocycles. The minimum Gasteiger partial charge on any atom is -0.497 e. The molecule has 3 heterocycles. The molecule has 0 unspecified atom stereocenters. The number of nitrogens with one attached hydrogen (secondary N) is 1. The van der Waals surface area contributed by atoms with Gasteiger partial charge in [-0.25, -0.2) is 0 Å². The third-order valence-electron chi connectivity index (χ3n) is 7.07. The number of hydrogen-bond acceptors (Lipinski definition) is 6. The number of benzene rings is 3. The highest BCUT2D eigenvalue weighted by Gasteiger charge is 2.21. The molecule has 1 aliphatic heterocycles. The molecule has 39 heavy (non-hydrogen) atoms. The van der Waals surface area contributed by atoms with Crippen molar-refractivity contribution in [3.8, 4) is 17.0 Å². The molecule has 9 heteroatoms. The highest BCUT2D eigenvalue weighted by molar-refractivity contribution is 6.00. The fraction of sp³-hybridized carbons (Fsp3) is 0.233. The van der Waals surface area contributed by atoms with E-state index < -0.39 is 0 Å². The van der Waals surface area contributed by atoms with Crippen LogP contribution in [0.2, 0.25) is 0 Å². The van der Waals surface area contributed by atoms with Crippen LogP contribution >= 0.6 is 37.2 Å². The maximum atomic E-state index is 5.50. The number of aromatic nitrogens is 3. The van der Waals surface area contributed by atoms with E-state index in [4.69, 9.17) is 4.74 Å². The minimum absolute atomic E-state index is 0. The van der Waals surface area contributed by atoms with Crippen molar-refractivity contribution in [2.45, 2.75) is 25.4 Å². The van der Waals surface area contributed by atoms with E-state index in [1.165, 1.54) is 16.3 Å². The summed E-state index contributed by atoms with van der Waals surface area (Å²) in [6.45, 7) is 3.09. The van der Waals surface area contributed by atoms with E-state index >= 15 is 0 Å². The summed E-state index contributed by atoms with van der Waals surface area (Å²) in [7, 11) is 1.68. The number of halogens is 3. The van der Waals surface area contributed by atoms with Gasteiger partial charge in [-0.15, -0.1) is 47.4 Å². The van der Waals surface area contributed by atoms with Crippen molar-refractivity contribution in [2.24, 2.45) is 0 Å². The molecular formula is C30H32Cl3N5O. The van der Waals surface area contributed by atoms with Gasteiger partial charge in [-0.3, -0.25) is 9.88 Å². The normalized spacial score (nSPS) is 13.7. The van der Waals surface area contributed by atoms with Crippen molar-refractivity contribution < 1.29 is 4.74 Å². The number of rotatable bonds is 6. The highest BCUT2D eigenvalue weighted by Crippen LogP contribution is 2.33. The molecule has 0 bridgehead atoms. The fourth-order valence-corrected chi connectivity index (χ4v) is 5.11. The zero-order chi connectivity index (χ0) is 24.3. The number of piperidine rings is 1. The highest BCUT2D eigenvalue weighted by atomic mass is 35.5. The second-order valence-electron chi connectivity index (χ2n) is 9.43. The van der Waals surface area contributed by atoms with E-state index in [0.29, 0.717) is 6.04 Å². The predicted molar refractivity (Wildman–Crippen MR) is 167 cm³/mol. The van der Waals surface area contributed by atoms with Crippen LogP contribution in [0.1, 0.15) is 18.4 Å². The number of pyridine rings is 1. The summed E-state index contributed by atoms with van der Waals surface area (Å²) in [4.78, 5) is 6.80. The van der Waals surface area contributed by atoms with E-state index in [9.17, 15) is 0 Å². The van der Waals surface area contributed by atoms with Gasteiger partial charge in [0.15, 0.2) is 5.82 Å². The van der Waals surface area contributed by atoms with Gasteiger partial charge in [0.25, 0.3) is 0 Å². The van der Waals surface area contributed by atoms with Gasteiger partial charge in [-0.05, 0) is 65.6 Å². The number of ether oxygens (including phenoxy) is 1. The SMILES string of the molecule is COc1ccc2c(NC3CCN(Cc4ccc5ccccc5c4)CC3)nnc(-c3cccnc3)c2c1.Cl.Cl.Cl. The summed E-state index contributed by atoms with van der Waals surface area (Å²) in [5.74, 6) is 1.63. The number of likely N-dealkylation sites (tertiary alicyclic amines) is 1. The molecule has 0 radical (unpaired) electrons.